The van der Waals surface area contributed by atoms with E-state index in [4.69, 9.17) is 0 Å². The zero-order chi connectivity index (χ0) is 9.40. The van der Waals surface area contributed by atoms with Gasteiger partial charge in [-0.25, -0.2) is 0 Å². The maximum Gasteiger partial charge on any atom is 0.0214 e. The van der Waals surface area contributed by atoms with Crippen molar-refractivity contribution in [1.29, 1.82) is 0 Å². The molecule has 0 fully saturated rings. The van der Waals surface area contributed by atoms with Crippen molar-refractivity contribution >= 4 is 15.9 Å². The number of rotatable bonds is 5. The average Bonchev–Trinajstić information content (AvgIpc) is 2.04. The van der Waals surface area contributed by atoms with Gasteiger partial charge in [0.05, 0.1) is 0 Å². The van der Waals surface area contributed by atoms with Gasteiger partial charge in [0.2, 0.25) is 0 Å². The van der Waals surface area contributed by atoms with Crippen LogP contribution in [0.1, 0.15) is 40.0 Å². The first-order valence-electron chi connectivity index (χ1n) is 4.58. The fourth-order valence-electron chi connectivity index (χ4n) is 0.924. The van der Waals surface area contributed by atoms with Crippen LogP contribution in [0.15, 0.2) is 23.3 Å². The predicted octanol–water partition coefficient (Wildman–Crippen LogP) is 4.46. The van der Waals surface area contributed by atoms with E-state index in [1.165, 1.54) is 30.4 Å². The molecule has 0 heterocycles. The van der Waals surface area contributed by atoms with Crippen molar-refractivity contribution in [3.8, 4) is 0 Å². The summed E-state index contributed by atoms with van der Waals surface area (Å²) in [6.45, 7) is 6.59. The smallest absolute Gasteiger partial charge is 0.0214 e. The van der Waals surface area contributed by atoms with Gasteiger partial charge in [0, 0.05) is 5.33 Å². The molecule has 0 N–H and O–H groups in total. The van der Waals surface area contributed by atoms with Crippen molar-refractivity contribution in [3.05, 3.63) is 23.3 Å². The number of hydrogen-bond acceptors (Lipinski definition) is 0. The van der Waals surface area contributed by atoms with Crippen LogP contribution in [0.2, 0.25) is 0 Å². The minimum Gasteiger partial charge on any atom is -0.0883 e. The van der Waals surface area contributed by atoms with Crippen LogP contribution < -0.4 is 0 Å². The first-order chi connectivity index (χ1) is 5.70. The van der Waals surface area contributed by atoms with Gasteiger partial charge < -0.3 is 0 Å². The van der Waals surface area contributed by atoms with Crippen molar-refractivity contribution in [2.24, 2.45) is 0 Å². The average molecular weight is 231 g/mol. The SMILES string of the molecule is CC/C(C)=C\CC/C(C)=C/CBr. The zero-order valence-electron chi connectivity index (χ0n) is 8.36. The quantitative estimate of drug-likeness (QED) is 0.484. The first-order valence-corrected chi connectivity index (χ1v) is 5.70. The van der Waals surface area contributed by atoms with Gasteiger partial charge in [0.15, 0.2) is 0 Å². The lowest BCUT2D eigenvalue weighted by molar-refractivity contribution is 0.948. The van der Waals surface area contributed by atoms with Crippen LogP contribution in [-0.2, 0) is 0 Å². The molecule has 0 nitrogen and oxygen atoms in total. The second-order valence-corrected chi connectivity index (χ2v) is 3.79. The van der Waals surface area contributed by atoms with E-state index >= 15 is 0 Å². The fraction of sp³-hybridized carbons (Fsp3) is 0.636. The second-order valence-electron chi connectivity index (χ2n) is 3.15. The predicted molar refractivity (Wildman–Crippen MR) is 60.8 cm³/mol. The molecule has 0 amide bonds. The number of hydrogen-bond donors (Lipinski definition) is 0. The lowest BCUT2D eigenvalue weighted by atomic mass is 10.1. The van der Waals surface area contributed by atoms with Crippen molar-refractivity contribution in [2.45, 2.75) is 40.0 Å². The summed E-state index contributed by atoms with van der Waals surface area (Å²) in [5.74, 6) is 0. The fourth-order valence-corrected chi connectivity index (χ4v) is 1.48. The molecule has 0 spiro atoms. The Kier molecular flexibility index (Phi) is 7.58. The highest BCUT2D eigenvalue weighted by atomic mass is 79.9. The number of allylic oxidation sites excluding steroid dienone is 4. The summed E-state index contributed by atoms with van der Waals surface area (Å²) < 4.78 is 0. The van der Waals surface area contributed by atoms with E-state index < -0.39 is 0 Å². The van der Waals surface area contributed by atoms with Gasteiger partial charge >= 0.3 is 0 Å². The third kappa shape index (κ3) is 6.66. The molecule has 0 saturated heterocycles. The van der Waals surface area contributed by atoms with Crippen molar-refractivity contribution in [3.63, 3.8) is 0 Å². The summed E-state index contributed by atoms with van der Waals surface area (Å²) >= 11 is 3.39. The largest absolute Gasteiger partial charge is 0.0883 e. The highest BCUT2D eigenvalue weighted by Gasteiger charge is 1.88. The molecule has 0 aromatic carbocycles. The van der Waals surface area contributed by atoms with Gasteiger partial charge in [0.1, 0.15) is 0 Å². The van der Waals surface area contributed by atoms with Gasteiger partial charge in [-0.05, 0) is 33.1 Å². The standard InChI is InChI=1S/C11H19Br/c1-4-10(2)6-5-7-11(3)8-9-12/h6,8H,4-5,7,9H2,1-3H3/b10-6-,11-8+. The highest BCUT2D eigenvalue weighted by molar-refractivity contribution is 9.09. The first kappa shape index (κ1) is 12.0. The molecule has 0 unspecified atom stereocenters. The second kappa shape index (κ2) is 7.60. The van der Waals surface area contributed by atoms with Gasteiger partial charge in [0.25, 0.3) is 0 Å². The Labute approximate surface area is 84.9 Å². The third-order valence-electron chi connectivity index (χ3n) is 2.01. The van der Waals surface area contributed by atoms with Crippen molar-refractivity contribution < 1.29 is 0 Å². The number of alkyl halides is 1. The summed E-state index contributed by atoms with van der Waals surface area (Å²) in [6.07, 6.45) is 8.14. The van der Waals surface area contributed by atoms with Crippen LogP contribution in [0, 0.1) is 0 Å². The Morgan fingerprint density at radius 1 is 1.17 bits per heavy atom. The third-order valence-corrected chi connectivity index (χ3v) is 2.34. The Balaban J connectivity index is 3.62. The van der Waals surface area contributed by atoms with E-state index in [-0.39, 0.29) is 0 Å². The summed E-state index contributed by atoms with van der Waals surface area (Å²) in [7, 11) is 0. The molecule has 0 aromatic rings. The van der Waals surface area contributed by atoms with E-state index in [2.05, 4.69) is 48.9 Å². The summed E-state index contributed by atoms with van der Waals surface area (Å²) in [5.41, 5.74) is 2.98. The Hall–Kier alpha value is -0.0400. The van der Waals surface area contributed by atoms with Crippen molar-refractivity contribution in [1.82, 2.24) is 0 Å². The minimum atomic E-state index is 0.981. The van der Waals surface area contributed by atoms with Crippen LogP contribution in [0.4, 0.5) is 0 Å². The van der Waals surface area contributed by atoms with Gasteiger partial charge in [-0.15, -0.1) is 0 Å². The van der Waals surface area contributed by atoms with E-state index in [9.17, 15) is 0 Å². The molecule has 0 aliphatic carbocycles. The molecule has 0 aliphatic heterocycles. The maximum absolute atomic E-state index is 3.39. The molecule has 0 saturated carbocycles. The van der Waals surface area contributed by atoms with E-state index in [0.717, 1.165) is 5.33 Å². The highest BCUT2D eigenvalue weighted by Crippen LogP contribution is 2.08. The lowest BCUT2D eigenvalue weighted by Gasteiger charge is -1.98. The van der Waals surface area contributed by atoms with Crippen LogP contribution in [-0.4, -0.2) is 5.33 Å². The molecular formula is C11H19Br. The molecule has 0 aromatic heterocycles. The molecule has 70 valence electrons. The van der Waals surface area contributed by atoms with Crippen LogP contribution in [0.25, 0.3) is 0 Å². The van der Waals surface area contributed by atoms with Gasteiger partial charge in [-0.2, -0.15) is 0 Å². The lowest BCUT2D eigenvalue weighted by Crippen LogP contribution is -1.78. The molecule has 12 heavy (non-hydrogen) atoms. The molecule has 0 radical (unpaired) electrons. The Morgan fingerprint density at radius 3 is 2.33 bits per heavy atom. The zero-order valence-corrected chi connectivity index (χ0v) is 9.95. The topological polar surface area (TPSA) is 0 Å². The molecule has 0 aliphatic rings. The Morgan fingerprint density at radius 2 is 1.83 bits per heavy atom. The van der Waals surface area contributed by atoms with Gasteiger partial charge in [-0.1, -0.05) is 46.2 Å². The summed E-state index contributed by atoms with van der Waals surface area (Å²) in [6, 6.07) is 0. The van der Waals surface area contributed by atoms with E-state index in [1.807, 2.05) is 0 Å². The van der Waals surface area contributed by atoms with Crippen LogP contribution in [0.3, 0.4) is 0 Å². The normalized spacial score (nSPS) is 13.7. The molecule has 0 atom stereocenters. The van der Waals surface area contributed by atoms with Crippen LogP contribution >= 0.6 is 15.9 Å². The van der Waals surface area contributed by atoms with E-state index in [1.54, 1.807) is 0 Å². The number of halogens is 1. The minimum absolute atomic E-state index is 0.981. The van der Waals surface area contributed by atoms with E-state index in [0.29, 0.717) is 0 Å². The van der Waals surface area contributed by atoms with Crippen molar-refractivity contribution in [2.75, 3.05) is 5.33 Å². The van der Waals surface area contributed by atoms with Gasteiger partial charge in [-0.3, -0.25) is 0 Å². The summed E-state index contributed by atoms with van der Waals surface area (Å²) in [5, 5.41) is 0.981. The maximum atomic E-state index is 3.39. The molecule has 1 heteroatoms. The van der Waals surface area contributed by atoms with Crippen LogP contribution in [0.5, 0.6) is 0 Å². The monoisotopic (exact) mass is 230 g/mol. The molecule has 0 bridgehead atoms. The summed E-state index contributed by atoms with van der Waals surface area (Å²) in [4.78, 5) is 0. The molecular weight excluding hydrogens is 212 g/mol. The molecule has 0 rings (SSSR count). The Bertz CT molecular complexity index is 166.